The number of ether oxygens (including phenoxy) is 1. The molecule has 0 spiro atoms. The van der Waals surface area contributed by atoms with Crippen LogP contribution in [0.4, 0.5) is 0 Å². The molecule has 1 aromatic rings. The van der Waals surface area contributed by atoms with E-state index in [2.05, 4.69) is 27.9 Å². The summed E-state index contributed by atoms with van der Waals surface area (Å²) < 4.78 is 5.34. The van der Waals surface area contributed by atoms with E-state index in [0.717, 1.165) is 45.9 Å². The molecular formula is C13H21N3O. The fraction of sp³-hybridized carbons (Fsp3) is 0.615. The van der Waals surface area contributed by atoms with Crippen LogP contribution in [0.1, 0.15) is 5.56 Å². The number of aromatic nitrogens is 1. The van der Waals surface area contributed by atoms with E-state index in [0.29, 0.717) is 0 Å². The Hall–Kier alpha value is -0.970. The Morgan fingerprint density at radius 3 is 2.94 bits per heavy atom. The minimum absolute atomic E-state index is 0.881. The lowest BCUT2D eigenvalue weighted by molar-refractivity contribution is 0.0342. The van der Waals surface area contributed by atoms with Gasteiger partial charge in [-0.3, -0.25) is 9.88 Å². The monoisotopic (exact) mass is 235 g/mol. The zero-order valence-corrected chi connectivity index (χ0v) is 10.5. The summed E-state index contributed by atoms with van der Waals surface area (Å²) in [7, 11) is 2.16. The molecule has 0 aliphatic carbocycles. The summed E-state index contributed by atoms with van der Waals surface area (Å²) >= 11 is 0. The fourth-order valence-corrected chi connectivity index (χ4v) is 2.02. The van der Waals surface area contributed by atoms with Crippen LogP contribution >= 0.6 is 0 Å². The summed E-state index contributed by atoms with van der Waals surface area (Å²) in [6.45, 7) is 7.09. The van der Waals surface area contributed by atoms with Gasteiger partial charge in [0.2, 0.25) is 0 Å². The number of hydrogen-bond acceptors (Lipinski definition) is 4. The Morgan fingerprint density at radius 2 is 2.24 bits per heavy atom. The number of rotatable bonds is 5. The predicted octanol–water partition coefficient (Wildman–Crippen LogP) is 0.846. The van der Waals surface area contributed by atoms with Gasteiger partial charge in [0.25, 0.3) is 0 Å². The third kappa shape index (κ3) is 4.42. The third-order valence-corrected chi connectivity index (χ3v) is 3.08. The van der Waals surface area contributed by atoms with Gasteiger partial charge in [0.1, 0.15) is 0 Å². The first-order valence-corrected chi connectivity index (χ1v) is 6.22. The summed E-state index contributed by atoms with van der Waals surface area (Å²) in [6.07, 6.45) is 3.75. The lowest BCUT2D eigenvalue weighted by Gasteiger charge is -2.28. The zero-order valence-electron chi connectivity index (χ0n) is 10.5. The van der Waals surface area contributed by atoms with Gasteiger partial charge in [-0.25, -0.2) is 0 Å². The number of nitrogens with zero attached hydrogens (tertiary/aromatic N) is 3. The molecule has 17 heavy (non-hydrogen) atoms. The van der Waals surface area contributed by atoms with Gasteiger partial charge >= 0.3 is 0 Å². The Labute approximate surface area is 103 Å². The van der Waals surface area contributed by atoms with Crippen molar-refractivity contribution in [1.29, 1.82) is 0 Å². The molecule has 4 heteroatoms. The minimum Gasteiger partial charge on any atom is -0.379 e. The van der Waals surface area contributed by atoms with E-state index in [-0.39, 0.29) is 0 Å². The zero-order chi connectivity index (χ0) is 11.9. The third-order valence-electron chi connectivity index (χ3n) is 3.08. The highest BCUT2D eigenvalue weighted by molar-refractivity contribution is 5.07. The van der Waals surface area contributed by atoms with Crippen molar-refractivity contribution in [2.24, 2.45) is 0 Å². The molecular weight excluding hydrogens is 214 g/mol. The summed E-state index contributed by atoms with van der Waals surface area (Å²) in [4.78, 5) is 8.94. The first-order valence-electron chi connectivity index (χ1n) is 6.22. The van der Waals surface area contributed by atoms with Gasteiger partial charge in [0.05, 0.1) is 13.2 Å². The average molecular weight is 235 g/mol. The minimum atomic E-state index is 0.881. The molecule has 0 atom stereocenters. The van der Waals surface area contributed by atoms with Crippen LogP contribution in [0.25, 0.3) is 0 Å². The quantitative estimate of drug-likeness (QED) is 0.756. The number of pyridine rings is 1. The molecule has 2 heterocycles. The molecule has 2 rings (SSSR count). The second kappa shape index (κ2) is 6.69. The second-order valence-corrected chi connectivity index (χ2v) is 4.55. The van der Waals surface area contributed by atoms with Gasteiger partial charge in [0, 0.05) is 45.1 Å². The van der Waals surface area contributed by atoms with Crippen molar-refractivity contribution in [3.8, 4) is 0 Å². The maximum absolute atomic E-state index is 5.34. The lowest BCUT2D eigenvalue weighted by atomic mass is 10.2. The van der Waals surface area contributed by atoms with Crippen molar-refractivity contribution < 1.29 is 4.74 Å². The van der Waals surface area contributed by atoms with Crippen molar-refractivity contribution in [2.45, 2.75) is 6.54 Å². The molecule has 94 valence electrons. The Balaban J connectivity index is 1.68. The van der Waals surface area contributed by atoms with Gasteiger partial charge in [-0.1, -0.05) is 6.07 Å². The topological polar surface area (TPSA) is 28.6 Å². The largest absolute Gasteiger partial charge is 0.379 e. The van der Waals surface area contributed by atoms with Crippen LogP contribution in [0, 0.1) is 0 Å². The molecule has 0 N–H and O–H groups in total. The molecule has 0 saturated carbocycles. The van der Waals surface area contributed by atoms with Crippen LogP contribution in [0.15, 0.2) is 24.5 Å². The van der Waals surface area contributed by atoms with Gasteiger partial charge in [-0.05, 0) is 18.7 Å². The molecule has 0 aromatic carbocycles. The van der Waals surface area contributed by atoms with Gasteiger partial charge in [-0.2, -0.15) is 0 Å². The summed E-state index contributed by atoms with van der Waals surface area (Å²) in [5.41, 5.74) is 1.27. The summed E-state index contributed by atoms with van der Waals surface area (Å²) in [5.74, 6) is 0. The van der Waals surface area contributed by atoms with Crippen molar-refractivity contribution in [1.82, 2.24) is 14.8 Å². The van der Waals surface area contributed by atoms with Crippen LogP contribution in [-0.4, -0.2) is 61.2 Å². The highest BCUT2D eigenvalue weighted by Gasteiger charge is 2.10. The smallest absolute Gasteiger partial charge is 0.0594 e. The molecule has 1 fully saturated rings. The Kier molecular flexibility index (Phi) is 4.91. The molecule has 0 bridgehead atoms. The number of likely N-dealkylation sites (N-methyl/N-ethyl adjacent to an activating group) is 1. The first-order chi connectivity index (χ1) is 8.34. The molecule has 1 aliphatic heterocycles. The van der Waals surface area contributed by atoms with Crippen LogP contribution in [0.3, 0.4) is 0 Å². The van der Waals surface area contributed by atoms with Crippen LogP contribution in [0.5, 0.6) is 0 Å². The Morgan fingerprint density at radius 1 is 1.41 bits per heavy atom. The standard InChI is InChI=1S/C13H21N3O/c1-15(12-13-3-2-4-14-11-13)5-6-16-7-9-17-10-8-16/h2-4,11H,5-10,12H2,1H3. The van der Waals surface area contributed by atoms with Crippen LogP contribution in [-0.2, 0) is 11.3 Å². The van der Waals surface area contributed by atoms with E-state index in [1.54, 1.807) is 0 Å². The summed E-state index contributed by atoms with van der Waals surface area (Å²) in [6, 6.07) is 4.11. The number of hydrogen-bond donors (Lipinski definition) is 0. The Bertz CT molecular complexity index is 312. The van der Waals surface area contributed by atoms with Crippen LogP contribution < -0.4 is 0 Å². The van der Waals surface area contributed by atoms with E-state index in [9.17, 15) is 0 Å². The maximum Gasteiger partial charge on any atom is 0.0594 e. The molecule has 4 nitrogen and oxygen atoms in total. The van der Waals surface area contributed by atoms with Gasteiger partial charge < -0.3 is 9.64 Å². The van der Waals surface area contributed by atoms with Crippen molar-refractivity contribution in [2.75, 3.05) is 46.4 Å². The van der Waals surface area contributed by atoms with Crippen molar-refractivity contribution in [3.05, 3.63) is 30.1 Å². The molecule has 1 aliphatic rings. The molecule has 0 unspecified atom stereocenters. The molecule has 0 amide bonds. The van der Waals surface area contributed by atoms with Crippen molar-refractivity contribution >= 4 is 0 Å². The van der Waals surface area contributed by atoms with Gasteiger partial charge in [0.15, 0.2) is 0 Å². The van der Waals surface area contributed by atoms with Gasteiger partial charge in [-0.15, -0.1) is 0 Å². The molecule has 1 saturated heterocycles. The second-order valence-electron chi connectivity index (χ2n) is 4.55. The highest BCUT2D eigenvalue weighted by atomic mass is 16.5. The number of morpholine rings is 1. The summed E-state index contributed by atoms with van der Waals surface area (Å²) in [5, 5.41) is 0. The lowest BCUT2D eigenvalue weighted by Crippen LogP contribution is -2.40. The normalized spacial score (nSPS) is 17.5. The van der Waals surface area contributed by atoms with E-state index < -0.39 is 0 Å². The predicted molar refractivity (Wildman–Crippen MR) is 67.8 cm³/mol. The first kappa shape index (κ1) is 12.5. The molecule has 1 aromatic heterocycles. The van der Waals surface area contributed by atoms with E-state index in [4.69, 9.17) is 4.74 Å². The SMILES string of the molecule is CN(CCN1CCOCC1)Cc1cccnc1. The van der Waals surface area contributed by atoms with E-state index >= 15 is 0 Å². The average Bonchev–Trinajstić information content (AvgIpc) is 2.39. The van der Waals surface area contributed by atoms with Crippen molar-refractivity contribution in [3.63, 3.8) is 0 Å². The molecule has 0 radical (unpaired) electrons. The van der Waals surface area contributed by atoms with Crippen LogP contribution in [0.2, 0.25) is 0 Å². The highest BCUT2D eigenvalue weighted by Crippen LogP contribution is 2.02. The maximum atomic E-state index is 5.34. The van der Waals surface area contributed by atoms with E-state index in [1.807, 2.05) is 18.5 Å². The fourth-order valence-electron chi connectivity index (χ4n) is 2.02. The van der Waals surface area contributed by atoms with E-state index in [1.165, 1.54) is 5.56 Å².